The van der Waals surface area contributed by atoms with Crippen LogP contribution in [0.2, 0.25) is 0 Å². The molecule has 12 nitrogen and oxygen atoms in total. The molecule has 40 heavy (non-hydrogen) atoms. The summed E-state index contributed by atoms with van der Waals surface area (Å²) in [6.45, 7) is -0.657. The van der Waals surface area contributed by atoms with Gasteiger partial charge >= 0.3 is 5.97 Å². The predicted molar refractivity (Wildman–Crippen MR) is 139 cm³/mol. The number of methoxy groups -OCH3 is 1. The third-order valence-electron chi connectivity index (χ3n) is 6.04. The number of imide groups is 1. The van der Waals surface area contributed by atoms with Crippen LogP contribution >= 0.6 is 0 Å². The molecule has 0 spiro atoms. The summed E-state index contributed by atoms with van der Waals surface area (Å²) in [7, 11) is 1.47. The molecule has 0 unspecified atom stereocenters. The number of carbonyl (C=O) groups excluding carboxylic acids is 5. The fourth-order valence-electron chi connectivity index (χ4n) is 3.97. The number of benzene rings is 3. The topological polar surface area (TPSA) is 153 Å². The lowest BCUT2D eigenvalue weighted by Crippen LogP contribution is -2.56. The van der Waals surface area contributed by atoms with Gasteiger partial charge in [0, 0.05) is 36.1 Å². The highest BCUT2D eigenvalue weighted by molar-refractivity contribution is 6.06. The van der Waals surface area contributed by atoms with Crippen LogP contribution in [0.4, 0.5) is 5.69 Å². The quantitative estimate of drug-likeness (QED) is 0.0980. The molecule has 0 aromatic heterocycles. The Balaban J connectivity index is 1.53. The minimum Gasteiger partial charge on any atom is -0.497 e. The SMILES string of the molecule is COc1cccc(C(=O)Oc2ccc(C(=O)CN(C(=O)c3ccc([N+](=O)[O-])cc3)N3C(=O)CCCC3=O)cc2)c1. The summed E-state index contributed by atoms with van der Waals surface area (Å²) < 4.78 is 10.4. The molecule has 4 rings (SSSR count). The number of esters is 1. The zero-order valence-electron chi connectivity index (χ0n) is 21.3. The summed E-state index contributed by atoms with van der Waals surface area (Å²) in [5, 5.41) is 12.4. The third-order valence-corrected chi connectivity index (χ3v) is 6.04. The molecule has 3 aromatic rings. The molecule has 1 saturated heterocycles. The molecule has 3 amide bonds. The highest BCUT2D eigenvalue weighted by Gasteiger charge is 2.36. The maximum Gasteiger partial charge on any atom is 0.343 e. The summed E-state index contributed by atoms with van der Waals surface area (Å²) in [5.41, 5.74) is 0.0798. The van der Waals surface area contributed by atoms with Crippen LogP contribution in [0.3, 0.4) is 0 Å². The lowest BCUT2D eigenvalue weighted by Gasteiger charge is -2.35. The van der Waals surface area contributed by atoms with E-state index in [1.54, 1.807) is 18.2 Å². The van der Waals surface area contributed by atoms with E-state index in [2.05, 4.69) is 0 Å². The second-order valence-electron chi connectivity index (χ2n) is 8.69. The van der Waals surface area contributed by atoms with E-state index in [4.69, 9.17) is 9.47 Å². The van der Waals surface area contributed by atoms with Crippen molar-refractivity contribution >= 4 is 35.2 Å². The molecule has 1 aliphatic heterocycles. The Labute approximate surface area is 227 Å². The van der Waals surface area contributed by atoms with Crippen molar-refractivity contribution in [2.75, 3.05) is 13.7 Å². The largest absolute Gasteiger partial charge is 0.497 e. The Morgan fingerprint density at radius 1 is 0.875 bits per heavy atom. The van der Waals surface area contributed by atoms with E-state index in [0.717, 1.165) is 17.1 Å². The molecule has 1 aliphatic rings. The summed E-state index contributed by atoms with van der Waals surface area (Å²) in [5.74, 6) is -2.74. The number of hydrogen-bond acceptors (Lipinski definition) is 9. The van der Waals surface area contributed by atoms with Crippen LogP contribution in [0.1, 0.15) is 50.3 Å². The van der Waals surface area contributed by atoms with Crippen LogP contribution in [0.15, 0.2) is 72.8 Å². The summed E-state index contributed by atoms with van der Waals surface area (Å²) in [4.78, 5) is 74.5. The van der Waals surface area contributed by atoms with E-state index in [0.29, 0.717) is 17.2 Å². The Morgan fingerprint density at radius 3 is 2.10 bits per heavy atom. The van der Waals surface area contributed by atoms with E-state index >= 15 is 0 Å². The van der Waals surface area contributed by atoms with Crippen LogP contribution < -0.4 is 9.47 Å². The van der Waals surface area contributed by atoms with Gasteiger partial charge in [-0.1, -0.05) is 6.07 Å². The average Bonchev–Trinajstić information content (AvgIpc) is 2.96. The van der Waals surface area contributed by atoms with Crippen molar-refractivity contribution in [3.05, 3.63) is 99.6 Å². The number of nitro benzene ring substituents is 1. The first-order valence-corrected chi connectivity index (χ1v) is 12.1. The van der Waals surface area contributed by atoms with Gasteiger partial charge in [-0.2, -0.15) is 5.01 Å². The van der Waals surface area contributed by atoms with Gasteiger partial charge in [0.25, 0.3) is 11.6 Å². The zero-order valence-corrected chi connectivity index (χ0v) is 21.3. The number of rotatable bonds is 9. The smallest absolute Gasteiger partial charge is 0.343 e. The molecule has 204 valence electrons. The summed E-state index contributed by atoms with van der Waals surface area (Å²) >= 11 is 0. The number of ketones is 1. The molecule has 0 atom stereocenters. The molecule has 1 heterocycles. The minimum atomic E-state index is -0.851. The molecular formula is C28H23N3O9. The number of piperidine rings is 1. The van der Waals surface area contributed by atoms with Crippen LogP contribution in [0, 0.1) is 10.1 Å². The van der Waals surface area contributed by atoms with Gasteiger partial charge in [-0.3, -0.25) is 29.3 Å². The molecule has 0 saturated carbocycles. The molecule has 3 aromatic carbocycles. The molecule has 0 aliphatic carbocycles. The van der Waals surface area contributed by atoms with E-state index in [-0.39, 0.29) is 41.0 Å². The fourth-order valence-corrected chi connectivity index (χ4v) is 3.97. The van der Waals surface area contributed by atoms with E-state index in [1.807, 2.05) is 0 Å². The van der Waals surface area contributed by atoms with Crippen LogP contribution in [-0.2, 0) is 9.59 Å². The second kappa shape index (κ2) is 12.0. The number of non-ortho nitro benzene ring substituents is 1. The third kappa shape index (κ3) is 6.18. The van der Waals surface area contributed by atoms with Crippen LogP contribution in [-0.4, -0.2) is 58.1 Å². The first kappa shape index (κ1) is 27.6. The van der Waals surface area contributed by atoms with E-state index in [9.17, 15) is 34.1 Å². The van der Waals surface area contributed by atoms with Gasteiger partial charge in [-0.15, -0.1) is 0 Å². The van der Waals surface area contributed by atoms with Crippen molar-refractivity contribution in [1.82, 2.24) is 10.0 Å². The standard InChI is InChI=1S/C28H23N3O9/c1-39-23-5-2-4-20(16-23)28(36)40-22-14-10-18(11-15-22)24(32)17-29(30-25(33)6-3-7-26(30)34)27(35)19-8-12-21(13-9-19)31(37)38/h2,4-5,8-16H,3,6-7,17H2,1H3. The molecule has 0 radical (unpaired) electrons. The Morgan fingerprint density at radius 2 is 1.50 bits per heavy atom. The molecule has 1 fully saturated rings. The fraction of sp³-hybridized carbons (Fsp3) is 0.179. The highest BCUT2D eigenvalue weighted by atomic mass is 16.6. The van der Waals surface area contributed by atoms with E-state index in [1.165, 1.54) is 49.6 Å². The van der Waals surface area contributed by atoms with Gasteiger partial charge in [0.2, 0.25) is 11.8 Å². The number of amides is 3. The number of Topliss-reactive ketones (excluding diaryl/α,β-unsaturated/α-hetero) is 1. The van der Waals surface area contributed by atoms with Crippen molar-refractivity contribution < 1.29 is 38.4 Å². The maximum absolute atomic E-state index is 13.3. The molecular weight excluding hydrogens is 522 g/mol. The van der Waals surface area contributed by atoms with Crippen LogP contribution in [0.25, 0.3) is 0 Å². The van der Waals surface area contributed by atoms with Crippen molar-refractivity contribution in [2.45, 2.75) is 19.3 Å². The Kier molecular flexibility index (Phi) is 8.28. The normalized spacial score (nSPS) is 13.0. The number of nitrogens with zero attached hydrogens (tertiary/aromatic N) is 3. The van der Waals surface area contributed by atoms with Gasteiger partial charge in [-0.05, 0) is 61.0 Å². The molecule has 12 heteroatoms. The maximum atomic E-state index is 13.3. The van der Waals surface area contributed by atoms with Crippen molar-refractivity contribution in [1.29, 1.82) is 0 Å². The van der Waals surface area contributed by atoms with Crippen molar-refractivity contribution in [3.8, 4) is 11.5 Å². The van der Waals surface area contributed by atoms with Crippen molar-refractivity contribution in [3.63, 3.8) is 0 Å². The second-order valence-corrected chi connectivity index (χ2v) is 8.69. The van der Waals surface area contributed by atoms with Crippen molar-refractivity contribution in [2.24, 2.45) is 0 Å². The van der Waals surface area contributed by atoms with Gasteiger partial charge in [0.05, 0.1) is 17.6 Å². The Bertz CT molecular complexity index is 1470. The van der Waals surface area contributed by atoms with Gasteiger partial charge in [0.1, 0.15) is 18.0 Å². The molecule has 0 N–H and O–H groups in total. The summed E-state index contributed by atoms with van der Waals surface area (Å²) in [6, 6.07) is 16.5. The monoisotopic (exact) mass is 545 g/mol. The minimum absolute atomic E-state index is 0.0112. The predicted octanol–water partition coefficient (Wildman–Crippen LogP) is 3.60. The van der Waals surface area contributed by atoms with Gasteiger partial charge < -0.3 is 9.47 Å². The first-order chi connectivity index (χ1) is 19.2. The number of carbonyl (C=O) groups is 5. The lowest BCUT2D eigenvalue weighted by molar-refractivity contribution is -0.384. The lowest BCUT2D eigenvalue weighted by atomic mass is 10.1. The summed E-state index contributed by atoms with van der Waals surface area (Å²) in [6.07, 6.45) is 0.340. The molecule has 0 bridgehead atoms. The number of hydrogen-bond donors (Lipinski definition) is 0. The van der Waals surface area contributed by atoms with Gasteiger partial charge in [-0.25, -0.2) is 9.80 Å². The van der Waals surface area contributed by atoms with Crippen LogP contribution in [0.5, 0.6) is 11.5 Å². The zero-order chi connectivity index (χ0) is 28.8. The average molecular weight is 546 g/mol. The Hall–Kier alpha value is -5.39. The number of hydrazine groups is 1. The first-order valence-electron chi connectivity index (χ1n) is 12.1. The number of ether oxygens (including phenoxy) is 2. The van der Waals surface area contributed by atoms with E-state index < -0.39 is 40.9 Å². The highest BCUT2D eigenvalue weighted by Crippen LogP contribution is 2.21. The number of nitro groups is 1. The van der Waals surface area contributed by atoms with Gasteiger partial charge in [0.15, 0.2) is 5.78 Å².